The number of pyridine rings is 1. The third-order valence-corrected chi connectivity index (χ3v) is 5.58. The molecule has 3 rings (SSSR count). The number of aromatic nitrogens is 2. The van der Waals surface area contributed by atoms with Crippen molar-refractivity contribution in [2.45, 2.75) is 99.3 Å². The zero-order valence-corrected chi connectivity index (χ0v) is 23.5. The van der Waals surface area contributed by atoms with Crippen LogP contribution in [-0.2, 0) is 19.1 Å². The summed E-state index contributed by atoms with van der Waals surface area (Å²) in [4.78, 5) is 45.3. The minimum Gasteiger partial charge on any atom is -0.462 e. The molecule has 9 heteroatoms. The van der Waals surface area contributed by atoms with Gasteiger partial charge in [-0.1, -0.05) is 20.8 Å². The van der Waals surface area contributed by atoms with Crippen LogP contribution < -0.4 is 15.6 Å². The van der Waals surface area contributed by atoms with Gasteiger partial charge in [0.2, 0.25) is 11.8 Å². The summed E-state index contributed by atoms with van der Waals surface area (Å²) in [6.45, 7) is 19.0. The number of hydrogen-bond acceptors (Lipinski definition) is 8. The predicted molar refractivity (Wildman–Crippen MR) is 140 cm³/mol. The lowest BCUT2D eigenvalue weighted by Gasteiger charge is -2.37. The van der Waals surface area contributed by atoms with Crippen molar-refractivity contribution in [3.63, 3.8) is 0 Å². The summed E-state index contributed by atoms with van der Waals surface area (Å²) in [5.74, 6) is -2.93. The Kier molecular flexibility index (Phi) is 7.77. The molecule has 1 aliphatic rings. The molecular weight excluding hydrogens is 474 g/mol. The first kappa shape index (κ1) is 28.2. The summed E-state index contributed by atoms with van der Waals surface area (Å²) in [5, 5.41) is 3.31. The largest absolute Gasteiger partial charge is 0.462 e. The summed E-state index contributed by atoms with van der Waals surface area (Å²) >= 11 is 0. The van der Waals surface area contributed by atoms with Gasteiger partial charge in [0.05, 0.1) is 17.8 Å². The number of carbonyl (C=O) groups is 2. The fraction of sp³-hybridized carbons (Fsp3) is 0.571. The van der Waals surface area contributed by atoms with Crippen molar-refractivity contribution in [2.75, 3.05) is 0 Å². The molecule has 1 atom stereocenters. The lowest BCUT2D eigenvalue weighted by molar-refractivity contribution is -0.152. The summed E-state index contributed by atoms with van der Waals surface area (Å²) < 4.78 is 18.5. The Morgan fingerprint density at radius 1 is 1.11 bits per heavy atom. The number of rotatable bonds is 7. The van der Waals surface area contributed by atoms with E-state index in [2.05, 4.69) is 31.1 Å². The normalized spacial score (nSPS) is 16.1. The topological polar surface area (TPSA) is 108 Å². The van der Waals surface area contributed by atoms with Gasteiger partial charge < -0.3 is 19.5 Å². The molecule has 0 fully saturated rings. The number of aryl methyl sites for hydroxylation is 1. The predicted octanol–water partition coefficient (Wildman–Crippen LogP) is 4.40. The van der Waals surface area contributed by atoms with Gasteiger partial charge in [-0.3, -0.25) is 14.0 Å². The Hall–Kier alpha value is -3.36. The van der Waals surface area contributed by atoms with Crippen LogP contribution in [-0.4, -0.2) is 39.1 Å². The highest BCUT2D eigenvalue weighted by Gasteiger charge is 2.45. The SMILES string of the molecule is Cc1ccn2c(=O)c3c(nc2c1)OC(NC(C)(C)CC(C)(C)C)=C(C(=O)OC(C)C)C3C(=O)OC(C)C. The van der Waals surface area contributed by atoms with Gasteiger partial charge in [0.1, 0.15) is 17.1 Å². The second kappa shape index (κ2) is 10.2. The van der Waals surface area contributed by atoms with E-state index in [-0.39, 0.29) is 28.3 Å². The van der Waals surface area contributed by atoms with Crippen molar-refractivity contribution < 1.29 is 23.8 Å². The molecule has 0 saturated carbocycles. The van der Waals surface area contributed by atoms with Gasteiger partial charge >= 0.3 is 11.9 Å². The monoisotopic (exact) mass is 513 g/mol. The van der Waals surface area contributed by atoms with E-state index in [9.17, 15) is 14.4 Å². The molecule has 1 aliphatic heterocycles. The van der Waals surface area contributed by atoms with E-state index in [1.54, 1.807) is 46.0 Å². The maximum atomic E-state index is 13.7. The molecule has 0 aliphatic carbocycles. The number of esters is 2. The minimum atomic E-state index is -1.39. The molecule has 0 aromatic carbocycles. The van der Waals surface area contributed by atoms with E-state index in [1.807, 2.05) is 20.8 Å². The van der Waals surface area contributed by atoms with Crippen LogP contribution in [0.15, 0.2) is 34.6 Å². The van der Waals surface area contributed by atoms with Crippen LogP contribution in [0.25, 0.3) is 5.65 Å². The van der Waals surface area contributed by atoms with Gasteiger partial charge in [0.15, 0.2) is 0 Å². The molecule has 0 saturated heterocycles. The Bertz CT molecular complexity index is 1300. The Balaban J connectivity index is 2.32. The molecule has 1 unspecified atom stereocenters. The first-order valence-electron chi connectivity index (χ1n) is 12.6. The summed E-state index contributed by atoms with van der Waals surface area (Å²) in [7, 11) is 0. The second-order valence-electron chi connectivity index (χ2n) is 12.0. The van der Waals surface area contributed by atoms with Gasteiger partial charge in [-0.2, -0.15) is 4.98 Å². The number of hydrogen-bond donors (Lipinski definition) is 1. The van der Waals surface area contributed by atoms with Crippen LogP contribution in [0.3, 0.4) is 0 Å². The lowest BCUT2D eigenvalue weighted by Crippen LogP contribution is -2.47. The molecule has 0 radical (unpaired) electrons. The summed E-state index contributed by atoms with van der Waals surface area (Å²) in [6, 6.07) is 3.51. The van der Waals surface area contributed by atoms with Crippen molar-refractivity contribution in [1.29, 1.82) is 0 Å². The zero-order valence-electron chi connectivity index (χ0n) is 23.5. The third kappa shape index (κ3) is 6.50. The van der Waals surface area contributed by atoms with Crippen LogP contribution in [0, 0.1) is 12.3 Å². The van der Waals surface area contributed by atoms with Crippen molar-refractivity contribution in [1.82, 2.24) is 14.7 Å². The number of ether oxygens (including phenoxy) is 3. The molecular formula is C28H39N3O6. The molecule has 2 aromatic heterocycles. The third-order valence-electron chi connectivity index (χ3n) is 5.58. The van der Waals surface area contributed by atoms with Gasteiger partial charge in [-0.25, -0.2) is 4.79 Å². The fourth-order valence-electron chi connectivity index (χ4n) is 4.78. The highest BCUT2D eigenvalue weighted by molar-refractivity contribution is 6.00. The highest BCUT2D eigenvalue weighted by atomic mass is 16.6. The van der Waals surface area contributed by atoms with Gasteiger partial charge in [0, 0.05) is 11.7 Å². The molecule has 3 heterocycles. The smallest absolute Gasteiger partial charge is 0.340 e. The van der Waals surface area contributed by atoms with Gasteiger partial charge in [0.25, 0.3) is 5.56 Å². The first-order valence-corrected chi connectivity index (χ1v) is 12.6. The Morgan fingerprint density at radius 2 is 1.73 bits per heavy atom. The van der Waals surface area contributed by atoms with E-state index in [0.717, 1.165) is 5.56 Å². The molecule has 9 nitrogen and oxygen atoms in total. The van der Waals surface area contributed by atoms with E-state index < -0.39 is 41.2 Å². The molecule has 2 aromatic rings. The van der Waals surface area contributed by atoms with E-state index in [4.69, 9.17) is 14.2 Å². The van der Waals surface area contributed by atoms with Crippen LogP contribution in [0.1, 0.15) is 85.8 Å². The number of carbonyl (C=O) groups excluding carboxylic acids is 2. The molecule has 0 bridgehead atoms. The average Bonchev–Trinajstić information content (AvgIpc) is 2.69. The Morgan fingerprint density at radius 3 is 2.30 bits per heavy atom. The molecule has 37 heavy (non-hydrogen) atoms. The minimum absolute atomic E-state index is 0.0296. The summed E-state index contributed by atoms with van der Waals surface area (Å²) in [5.41, 5.74) is -0.0387. The molecule has 1 N–H and O–H groups in total. The maximum absolute atomic E-state index is 13.7. The van der Waals surface area contributed by atoms with Crippen LogP contribution in [0.2, 0.25) is 0 Å². The highest BCUT2D eigenvalue weighted by Crippen LogP contribution is 2.39. The molecule has 0 spiro atoms. The van der Waals surface area contributed by atoms with Crippen molar-refractivity contribution >= 4 is 17.6 Å². The maximum Gasteiger partial charge on any atom is 0.340 e. The van der Waals surface area contributed by atoms with Crippen LogP contribution in [0.4, 0.5) is 0 Å². The zero-order chi connectivity index (χ0) is 27.9. The van der Waals surface area contributed by atoms with E-state index in [1.165, 1.54) is 4.40 Å². The van der Waals surface area contributed by atoms with E-state index >= 15 is 0 Å². The van der Waals surface area contributed by atoms with Crippen molar-refractivity contribution in [3.8, 4) is 5.88 Å². The first-order chi connectivity index (χ1) is 17.0. The summed E-state index contributed by atoms with van der Waals surface area (Å²) in [6.07, 6.45) is 1.35. The fourth-order valence-corrected chi connectivity index (χ4v) is 4.78. The van der Waals surface area contributed by atoms with Crippen molar-refractivity contribution in [2.24, 2.45) is 5.41 Å². The van der Waals surface area contributed by atoms with Gasteiger partial charge in [-0.05, 0) is 78.0 Å². The Labute approximate surface area is 218 Å². The average molecular weight is 514 g/mol. The van der Waals surface area contributed by atoms with E-state index in [0.29, 0.717) is 12.1 Å². The van der Waals surface area contributed by atoms with Gasteiger partial charge in [-0.15, -0.1) is 0 Å². The van der Waals surface area contributed by atoms with Crippen molar-refractivity contribution in [3.05, 3.63) is 51.3 Å². The number of fused-ring (bicyclic) bond motifs is 2. The van der Waals surface area contributed by atoms with Crippen LogP contribution >= 0.6 is 0 Å². The second-order valence-corrected chi connectivity index (χ2v) is 12.0. The number of nitrogens with one attached hydrogen (secondary N) is 1. The standard InChI is InChI=1S/C28H39N3O6/c1-15(2)35-25(33)19-20-22(29-18-13-17(5)11-12-31(18)24(20)32)37-23(21(19)26(34)36-16(3)4)30-28(9,10)14-27(6,7)8/h11-13,15-16,19,30H,14H2,1-10H3. The molecule has 0 amide bonds. The quantitative estimate of drug-likeness (QED) is 0.543. The molecule has 202 valence electrons. The number of nitrogens with zero attached hydrogens (tertiary/aromatic N) is 2. The van der Waals surface area contributed by atoms with Crippen LogP contribution in [0.5, 0.6) is 5.88 Å². The lowest BCUT2D eigenvalue weighted by atomic mass is 9.81.